The van der Waals surface area contributed by atoms with Gasteiger partial charge in [-0.1, -0.05) is 26.3 Å². The van der Waals surface area contributed by atoms with E-state index in [1.807, 2.05) is 13.2 Å². The SMILES string of the molecule is CCC1(C)CCN(c2ccc(C(C)NC)cn2)CC1. The van der Waals surface area contributed by atoms with Crippen molar-refractivity contribution in [1.82, 2.24) is 10.3 Å². The van der Waals surface area contributed by atoms with Gasteiger partial charge in [-0.3, -0.25) is 0 Å². The first kappa shape index (κ1) is 14.3. The lowest BCUT2D eigenvalue weighted by molar-refractivity contribution is 0.238. The highest BCUT2D eigenvalue weighted by atomic mass is 15.2. The molecule has 1 fully saturated rings. The fourth-order valence-corrected chi connectivity index (χ4v) is 2.64. The van der Waals surface area contributed by atoms with E-state index in [1.165, 1.54) is 24.8 Å². The molecule has 0 bridgehead atoms. The maximum absolute atomic E-state index is 4.63. The minimum atomic E-state index is 0.367. The van der Waals surface area contributed by atoms with Crippen molar-refractivity contribution in [3.63, 3.8) is 0 Å². The van der Waals surface area contributed by atoms with Gasteiger partial charge in [-0.15, -0.1) is 0 Å². The Morgan fingerprint density at radius 3 is 2.53 bits per heavy atom. The Balaban J connectivity index is 2.00. The molecule has 0 spiro atoms. The van der Waals surface area contributed by atoms with E-state index in [-0.39, 0.29) is 0 Å². The first-order valence-corrected chi connectivity index (χ1v) is 7.46. The number of aromatic nitrogens is 1. The molecule has 1 aliphatic heterocycles. The Kier molecular flexibility index (Phi) is 4.46. The first-order valence-electron chi connectivity index (χ1n) is 7.46. The van der Waals surface area contributed by atoms with E-state index in [0.717, 1.165) is 18.9 Å². The molecule has 0 amide bonds. The number of pyridine rings is 1. The highest BCUT2D eigenvalue weighted by molar-refractivity contribution is 5.40. The molecule has 3 heteroatoms. The largest absolute Gasteiger partial charge is 0.357 e. The Bertz CT molecular complexity index is 391. The van der Waals surface area contributed by atoms with Crippen molar-refractivity contribution in [2.24, 2.45) is 5.41 Å². The molecule has 1 saturated heterocycles. The first-order chi connectivity index (χ1) is 9.08. The average molecular weight is 261 g/mol. The van der Waals surface area contributed by atoms with Gasteiger partial charge in [0, 0.05) is 25.3 Å². The second-order valence-corrected chi connectivity index (χ2v) is 6.11. The smallest absolute Gasteiger partial charge is 0.128 e. The second-order valence-electron chi connectivity index (χ2n) is 6.11. The van der Waals surface area contributed by atoms with Crippen LogP contribution >= 0.6 is 0 Å². The van der Waals surface area contributed by atoms with Crippen molar-refractivity contribution in [1.29, 1.82) is 0 Å². The molecule has 2 rings (SSSR count). The number of hydrogen-bond acceptors (Lipinski definition) is 3. The molecule has 0 saturated carbocycles. The van der Waals surface area contributed by atoms with Crippen molar-refractivity contribution in [3.8, 4) is 0 Å². The number of hydrogen-bond donors (Lipinski definition) is 1. The van der Waals surface area contributed by atoms with Gasteiger partial charge in [0.25, 0.3) is 0 Å². The third kappa shape index (κ3) is 3.27. The van der Waals surface area contributed by atoms with E-state index in [0.29, 0.717) is 11.5 Å². The Morgan fingerprint density at radius 2 is 2.05 bits per heavy atom. The van der Waals surface area contributed by atoms with Gasteiger partial charge in [-0.25, -0.2) is 4.98 Å². The summed E-state index contributed by atoms with van der Waals surface area (Å²) >= 11 is 0. The van der Waals surface area contributed by atoms with Crippen molar-refractivity contribution in [2.45, 2.75) is 46.1 Å². The predicted octanol–water partition coefficient (Wildman–Crippen LogP) is 3.38. The number of anilines is 1. The Hall–Kier alpha value is -1.09. The fourth-order valence-electron chi connectivity index (χ4n) is 2.64. The van der Waals surface area contributed by atoms with E-state index in [2.05, 4.69) is 48.1 Å². The second kappa shape index (κ2) is 5.91. The van der Waals surface area contributed by atoms with Crippen molar-refractivity contribution in [2.75, 3.05) is 25.0 Å². The van der Waals surface area contributed by atoms with E-state index in [1.54, 1.807) is 0 Å². The third-order valence-electron chi connectivity index (χ3n) is 4.85. The summed E-state index contributed by atoms with van der Waals surface area (Å²) in [5.74, 6) is 1.13. The van der Waals surface area contributed by atoms with Crippen LogP contribution in [0.1, 0.15) is 51.6 Å². The van der Waals surface area contributed by atoms with Crippen LogP contribution in [0.5, 0.6) is 0 Å². The quantitative estimate of drug-likeness (QED) is 0.900. The van der Waals surface area contributed by atoms with E-state index in [9.17, 15) is 0 Å². The Labute approximate surface area is 117 Å². The summed E-state index contributed by atoms with van der Waals surface area (Å²) in [5, 5.41) is 3.24. The van der Waals surface area contributed by atoms with E-state index >= 15 is 0 Å². The number of piperidine rings is 1. The van der Waals surface area contributed by atoms with Crippen LogP contribution in [0.2, 0.25) is 0 Å². The van der Waals surface area contributed by atoms with Gasteiger partial charge in [-0.05, 0) is 43.9 Å². The maximum atomic E-state index is 4.63. The summed E-state index contributed by atoms with van der Waals surface area (Å²) in [6.07, 6.45) is 5.84. The molecular weight excluding hydrogens is 234 g/mol. The zero-order valence-electron chi connectivity index (χ0n) is 12.7. The van der Waals surface area contributed by atoms with Crippen molar-refractivity contribution >= 4 is 5.82 Å². The molecule has 1 N–H and O–H groups in total. The molecule has 0 aromatic carbocycles. The minimum Gasteiger partial charge on any atom is -0.357 e. The lowest BCUT2D eigenvalue weighted by Crippen LogP contribution is -2.38. The zero-order chi connectivity index (χ0) is 13.9. The van der Waals surface area contributed by atoms with Gasteiger partial charge in [0.1, 0.15) is 5.82 Å². The molecule has 1 aliphatic rings. The molecule has 0 radical (unpaired) electrons. The Morgan fingerprint density at radius 1 is 1.37 bits per heavy atom. The van der Waals surface area contributed by atoms with Crippen LogP contribution in [-0.4, -0.2) is 25.1 Å². The molecule has 1 aromatic rings. The number of nitrogens with one attached hydrogen (secondary N) is 1. The highest BCUT2D eigenvalue weighted by Crippen LogP contribution is 2.35. The summed E-state index contributed by atoms with van der Waals surface area (Å²) in [6.45, 7) is 9.15. The maximum Gasteiger partial charge on any atom is 0.128 e. The number of rotatable bonds is 4. The van der Waals surface area contributed by atoms with E-state index < -0.39 is 0 Å². The van der Waals surface area contributed by atoms with Gasteiger partial charge in [-0.2, -0.15) is 0 Å². The highest BCUT2D eigenvalue weighted by Gasteiger charge is 2.28. The lowest BCUT2D eigenvalue weighted by atomic mass is 9.78. The van der Waals surface area contributed by atoms with Crippen LogP contribution in [-0.2, 0) is 0 Å². The summed E-state index contributed by atoms with van der Waals surface area (Å²) < 4.78 is 0. The lowest BCUT2D eigenvalue weighted by Gasteiger charge is -2.39. The van der Waals surface area contributed by atoms with Gasteiger partial charge < -0.3 is 10.2 Å². The van der Waals surface area contributed by atoms with Crippen LogP contribution in [0.4, 0.5) is 5.82 Å². The fraction of sp³-hybridized carbons (Fsp3) is 0.688. The van der Waals surface area contributed by atoms with E-state index in [4.69, 9.17) is 0 Å². The molecule has 3 nitrogen and oxygen atoms in total. The molecule has 0 aliphatic carbocycles. The predicted molar refractivity (Wildman–Crippen MR) is 81.6 cm³/mol. The summed E-state index contributed by atoms with van der Waals surface area (Å²) in [4.78, 5) is 7.05. The van der Waals surface area contributed by atoms with Crippen molar-refractivity contribution in [3.05, 3.63) is 23.9 Å². The van der Waals surface area contributed by atoms with Gasteiger partial charge in [0.15, 0.2) is 0 Å². The average Bonchev–Trinajstić information content (AvgIpc) is 2.47. The molecule has 1 aromatic heterocycles. The van der Waals surface area contributed by atoms with Gasteiger partial charge in [0.2, 0.25) is 0 Å². The van der Waals surface area contributed by atoms with Crippen LogP contribution < -0.4 is 10.2 Å². The zero-order valence-corrected chi connectivity index (χ0v) is 12.7. The van der Waals surface area contributed by atoms with Crippen LogP contribution in [0.15, 0.2) is 18.3 Å². The molecule has 1 atom stereocenters. The monoisotopic (exact) mass is 261 g/mol. The normalized spacial score (nSPS) is 20.3. The minimum absolute atomic E-state index is 0.367. The molecule has 19 heavy (non-hydrogen) atoms. The molecule has 2 heterocycles. The van der Waals surface area contributed by atoms with Crippen molar-refractivity contribution < 1.29 is 0 Å². The molecule has 1 unspecified atom stereocenters. The summed E-state index contributed by atoms with van der Waals surface area (Å²) in [5.41, 5.74) is 1.79. The summed E-state index contributed by atoms with van der Waals surface area (Å²) in [7, 11) is 1.98. The standard InChI is InChI=1S/C16H27N3/c1-5-16(3)8-10-19(11-9-16)15-7-6-14(12-18-15)13(2)17-4/h6-7,12-13,17H,5,8-11H2,1-4H3. The van der Waals surface area contributed by atoms with Crippen LogP contribution in [0, 0.1) is 5.41 Å². The molecule has 106 valence electrons. The summed E-state index contributed by atoms with van der Waals surface area (Å²) in [6, 6.07) is 4.72. The number of nitrogens with zero attached hydrogens (tertiary/aromatic N) is 2. The van der Waals surface area contributed by atoms with Gasteiger partial charge in [0.05, 0.1) is 0 Å². The van der Waals surface area contributed by atoms with Crippen LogP contribution in [0.3, 0.4) is 0 Å². The molecular formula is C16H27N3. The third-order valence-corrected chi connectivity index (χ3v) is 4.85. The van der Waals surface area contributed by atoms with Crippen LogP contribution in [0.25, 0.3) is 0 Å². The topological polar surface area (TPSA) is 28.2 Å². The van der Waals surface area contributed by atoms with Gasteiger partial charge >= 0.3 is 0 Å².